The van der Waals surface area contributed by atoms with Gasteiger partial charge in [0.25, 0.3) is 0 Å². The Kier molecular flexibility index (Phi) is 2.80. The van der Waals surface area contributed by atoms with Crippen molar-refractivity contribution < 1.29 is 23.0 Å². The van der Waals surface area contributed by atoms with Crippen LogP contribution in [0, 0.1) is 10.1 Å². The molecule has 0 aromatic heterocycles. The van der Waals surface area contributed by atoms with Gasteiger partial charge in [0.05, 0.1) is 4.92 Å². The van der Waals surface area contributed by atoms with Crippen molar-refractivity contribution in [2.75, 3.05) is 5.73 Å². The highest BCUT2D eigenvalue weighted by Crippen LogP contribution is 2.44. The van der Waals surface area contributed by atoms with E-state index in [1.807, 2.05) is 0 Å². The number of aromatic hydroxyl groups is 1. The van der Waals surface area contributed by atoms with Crippen molar-refractivity contribution in [3.8, 4) is 5.75 Å². The summed E-state index contributed by atoms with van der Waals surface area (Å²) in [4.78, 5) is 8.66. The van der Waals surface area contributed by atoms with Gasteiger partial charge in [-0.2, -0.15) is 8.42 Å². The smallest absolute Gasteiger partial charge is 0.317 e. The second-order valence-corrected chi connectivity index (χ2v) is 5.08. The summed E-state index contributed by atoms with van der Waals surface area (Å²) in [5.41, 5.74) is 4.08. The van der Waals surface area contributed by atoms with E-state index in [0.717, 1.165) is 0 Å². The molecule has 0 unspecified atom stereocenters. The largest absolute Gasteiger partial charge is 0.506 e. The molecule has 2 aromatic rings. The molecule has 8 nitrogen and oxygen atoms in total. The number of nitrogen functional groups attached to an aromatic ring is 1. The molecule has 0 radical (unpaired) electrons. The van der Waals surface area contributed by atoms with Crippen LogP contribution in [0.4, 0.5) is 11.4 Å². The molecule has 0 fully saturated rings. The van der Waals surface area contributed by atoms with Gasteiger partial charge in [0.2, 0.25) is 4.90 Å². The zero-order chi connectivity index (χ0) is 14.4. The average molecular weight is 284 g/mol. The molecular weight excluding hydrogens is 276 g/mol. The van der Waals surface area contributed by atoms with Gasteiger partial charge in [-0.3, -0.25) is 14.7 Å². The van der Waals surface area contributed by atoms with Crippen LogP contribution in [0.25, 0.3) is 10.8 Å². The summed E-state index contributed by atoms with van der Waals surface area (Å²) >= 11 is 0. The van der Waals surface area contributed by atoms with E-state index in [-0.39, 0.29) is 10.8 Å². The molecule has 100 valence electrons. The first-order valence-electron chi connectivity index (χ1n) is 4.90. The Morgan fingerprint density at radius 2 is 1.74 bits per heavy atom. The number of nitrogens with zero attached hydrogens (tertiary/aromatic N) is 1. The molecular formula is C10H8N2O6S. The molecule has 2 aromatic carbocycles. The number of rotatable bonds is 2. The van der Waals surface area contributed by atoms with Gasteiger partial charge in [-0.05, 0) is 0 Å². The molecule has 0 bridgehead atoms. The van der Waals surface area contributed by atoms with Crippen LogP contribution < -0.4 is 5.73 Å². The third-order valence-electron chi connectivity index (χ3n) is 2.60. The maximum Gasteiger partial charge on any atom is 0.317 e. The zero-order valence-corrected chi connectivity index (χ0v) is 10.1. The Bertz CT molecular complexity index is 799. The van der Waals surface area contributed by atoms with Crippen molar-refractivity contribution in [3.05, 3.63) is 34.4 Å². The van der Waals surface area contributed by atoms with E-state index in [9.17, 15) is 23.6 Å². The summed E-state index contributed by atoms with van der Waals surface area (Å²) in [6.07, 6.45) is 0. The average Bonchev–Trinajstić information content (AvgIpc) is 2.31. The van der Waals surface area contributed by atoms with Crippen LogP contribution in [0.15, 0.2) is 29.2 Å². The standard InChI is InChI=1S/C10H8N2O6S/c11-7-5-3-1-2-4-6(5)9(13)10(19(16,17)18)8(7)12(14)15/h1-4,13H,11H2,(H,16,17,18). The van der Waals surface area contributed by atoms with E-state index in [2.05, 4.69) is 0 Å². The first-order valence-corrected chi connectivity index (χ1v) is 6.34. The van der Waals surface area contributed by atoms with E-state index >= 15 is 0 Å². The van der Waals surface area contributed by atoms with Crippen molar-refractivity contribution in [3.63, 3.8) is 0 Å². The summed E-state index contributed by atoms with van der Waals surface area (Å²) in [7, 11) is -4.99. The lowest BCUT2D eigenvalue weighted by Gasteiger charge is -2.09. The fourth-order valence-electron chi connectivity index (χ4n) is 1.83. The van der Waals surface area contributed by atoms with Gasteiger partial charge < -0.3 is 10.8 Å². The molecule has 19 heavy (non-hydrogen) atoms. The first kappa shape index (κ1) is 13.1. The van der Waals surface area contributed by atoms with E-state index in [4.69, 9.17) is 10.3 Å². The minimum Gasteiger partial charge on any atom is -0.506 e. The Hall–Kier alpha value is -2.39. The Morgan fingerprint density at radius 3 is 2.21 bits per heavy atom. The second-order valence-electron chi connectivity index (χ2n) is 3.72. The summed E-state index contributed by atoms with van der Waals surface area (Å²) in [6, 6.07) is 5.74. The lowest BCUT2D eigenvalue weighted by atomic mass is 10.1. The van der Waals surface area contributed by atoms with Crippen LogP contribution in [-0.4, -0.2) is 23.0 Å². The topological polar surface area (TPSA) is 144 Å². The van der Waals surface area contributed by atoms with Crippen LogP contribution in [0.5, 0.6) is 5.75 Å². The highest BCUT2D eigenvalue weighted by Gasteiger charge is 2.33. The molecule has 0 aliphatic carbocycles. The number of anilines is 1. The Morgan fingerprint density at radius 1 is 1.21 bits per heavy atom. The molecule has 0 aliphatic rings. The normalized spacial score (nSPS) is 11.6. The fourth-order valence-corrected chi connectivity index (χ4v) is 2.62. The van der Waals surface area contributed by atoms with Gasteiger partial charge in [0.15, 0.2) is 5.75 Å². The quantitative estimate of drug-likeness (QED) is 0.247. The molecule has 9 heteroatoms. The van der Waals surface area contributed by atoms with Crippen molar-refractivity contribution in [2.45, 2.75) is 4.90 Å². The molecule has 0 amide bonds. The lowest BCUT2D eigenvalue weighted by Crippen LogP contribution is -2.07. The van der Waals surface area contributed by atoms with Crippen molar-refractivity contribution in [1.29, 1.82) is 0 Å². The molecule has 0 heterocycles. The van der Waals surface area contributed by atoms with Crippen LogP contribution in [-0.2, 0) is 10.1 Å². The van der Waals surface area contributed by atoms with Gasteiger partial charge >= 0.3 is 15.8 Å². The third kappa shape index (κ3) is 1.94. The van der Waals surface area contributed by atoms with E-state index in [0.29, 0.717) is 0 Å². The highest BCUT2D eigenvalue weighted by molar-refractivity contribution is 7.86. The molecule has 0 saturated carbocycles. The minimum atomic E-state index is -4.99. The number of hydrogen-bond donors (Lipinski definition) is 3. The summed E-state index contributed by atoms with van der Waals surface area (Å²) in [6.45, 7) is 0. The number of benzene rings is 2. The number of fused-ring (bicyclic) bond motifs is 1. The number of nitro groups is 1. The minimum absolute atomic E-state index is 0.00164. The summed E-state index contributed by atoms with van der Waals surface area (Å²) < 4.78 is 31.5. The molecule has 0 aliphatic heterocycles. The van der Waals surface area contributed by atoms with Crippen LogP contribution in [0.1, 0.15) is 0 Å². The SMILES string of the molecule is Nc1c([N+](=O)[O-])c(S(=O)(=O)O)c(O)c2ccccc12. The second kappa shape index (κ2) is 4.07. The van der Waals surface area contributed by atoms with Gasteiger partial charge in [-0.15, -0.1) is 0 Å². The summed E-state index contributed by atoms with van der Waals surface area (Å²) in [5, 5.41) is 20.9. The molecule has 4 N–H and O–H groups in total. The Labute approximate surface area is 107 Å². The predicted molar refractivity (Wildman–Crippen MR) is 66.5 cm³/mol. The molecule has 0 saturated heterocycles. The monoisotopic (exact) mass is 284 g/mol. The van der Waals surface area contributed by atoms with E-state index < -0.39 is 37.1 Å². The molecule has 2 rings (SSSR count). The summed E-state index contributed by atoms with van der Waals surface area (Å²) in [5.74, 6) is -0.904. The van der Waals surface area contributed by atoms with E-state index in [1.165, 1.54) is 24.3 Å². The Balaban J connectivity index is 3.14. The van der Waals surface area contributed by atoms with Crippen LogP contribution in [0.3, 0.4) is 0 Å². The predicted octanol–water partition coefficient (Wildman–Crippen LogP) is 1.28. The number of nitro benzene ring substituents is 1. The van der Waals surface area contributed by atoms with Crippen molar-refractivity contribution in [2.24, 2.45) is 0 Å². The van der Waals surface area contributed by atoms with Crippen LogP contribution in [0.2, 0.25) is 0 Å². The fraction of sp³-hybridized carbons (Fsp3) is 0. The molecule has 0 spiro atoms. The van der Waals surface area contributed by atoms with Gasteiger partial charge in [-0.25, -0.2) is 0 Å². The first-order chi connectivity index (χ1) is 8.75. The van der Waals surface area contributed by atoms with Gasteiger partial charge in [0, 0.05) is 10.8 Å². The number of phenols is 1. The number of nitrogens with two attached hydrogens (primary N) is 1. The zero-order valence-electron chi connectivity index (χ0n) is 9.27. The van der Waals surface area contributed by atoms with Crippen molar-refractivity contribution >= 4 is 32.3 Å². The lowest BCUT2D eigenvalue weighted by molar-refractivity contribution is -0.386. The maximum atomic E-state index is 11.2. The highest BCUT2D eigenvalue weighted by atomic mass is 32.2. The van der Waals surface area contributed by atoms with Gasteiger partial charge in [-0.1, -0.05) is 24.3 Å². The van der Waals surface area contributed by atoms with Crippen LogP contribution >= 0.6 is 0 Å². The van der Waals surface area contributed by atoms with Crippen molar-refractivity contribution in [1.82, 2.24) is 0 Å². The number of phenolic OH excluding ortho intramolecular Hbond substituents is 1. The number of hydrogen-bond acceptors (Lipinski definition) is 6. The molecule has 0 atom stereocenters. The maximum absolute atomic E-state index is 11.2. The van der Waals surface area contributed by atoms with Gasteiger partial charge in [0.1, 0.15) is 5.69 Å². The van der Waals surface area contributed by atoms with E-state index in [1.54, 1.807) is 0 Å². The third-order valence-corrected chi connectivity index (χ3v) is 3.50.